The fraction of sp³-hybridized carbons (Fsp3) is 0.833. The van der Waals surface area contributed by atoms with Crippen LogP contribution in [0, 0.1) is 10.8 Å². The van der Waals surface area contributed by atoms with E-state index in [9.17, 15) is 9.59 Å². The molecule has 0 unspecified atom stereocenters. The molecule has 2 nitrogen and oxygen atoms in total. The molecule has 0 radical (unpaired) electrons. The monoisotopic (exact) mass is 198 g/mol. The van der Waals surface area contributed by atoms with E-state index in [2.05, 4.69) is 20.8 Å². The zero-order valence-corrected chi connectivity index (χ0v) is 10.2. The number of hydrogen-bond donors (Lipinski definition) is 0. The lowest BCUT2D eigenvalue weighted by molar-refractivity contribution is -0.132. The van der Waals surface area contributed by atoms with Crippen molar-refractivity contribution in [1.29, 1.82) is 0 Å². The lowest BCUT2D eigenvalue weighted by atomic mass is 9.73. The largest absolute Gasteiger partial charge is 0.300 e. The van der Waals surface area contributed by atoms with Gasteiger partial charge in [0, 0.05) is 5.41 Å². The van der Waals surface area contributed by atoms with Crippen LogP contribution in [0.25, 0.3) is 0 Å². The van der Waals surface area contributed by atoms with E-state index in [1.165, 1.54) is 6.92 Å². The molecule has 0 N–H and O–H groups in total. The van der Waals surface area contributed by atoms with Crippen LogP contribution in [-0.4, -0.2) is 11.6 Å². The van der Waals surface area contributed by atoms with Crippen molar-refractivity contribution in [2.24, 2.45) is 10.8 Å². The lowest BCUT2D eigenvalue weighted by Gasteiger charge is -2.30. The Balaban J connectivity index is 4.46. The second-order valence-corrected chi connectivity index (χ2v) is 5.92. The van der Waals surface area contributed by atoms with Crippen LogP contribution in [-0.2, 0) is 9.59 Å². The van der Waals surface area contributed by atoms with E-state index in [1.54, 1.807) is 0 Å². The van der Waals surface area contributed by atoms with E-state index in [-0.39, 0.29) is 28.8 Å². The molecule has 0 saturated heterocycles. The average molecular weight is 198 g/mol. The minimum Gasteiger partial charge on any atom is -0.300 e. The molecule has 0 aliphatic carbocycles. The second-order valence-electron chi connectivity index (χ2n) is 5.92. The van der Waals surface area contributed by atoms with Crippen LogP contribution in [0.2, 0.25) is 0 Å². The van der Waals surface area contributed by atoms with Gasteiger partial charge in [-0.05, 0) is 18.8 Å². The van der Waals surface area contributed by atoms with E-state index in [0.717, 1.165) is 6.42 Å². The van der Waals surface area contributed by atoms with Crippen molar-refractivity contribution >= 4 is 11.6 Å². The lowest BCUT2D eigenvalue weighted by Crippen LogP contribution is -2.30. The van der Waals surface area contributed by atoms with E-state index in [1.807, 2.05) is 13.8 Å². The van der Waals surface area contributed by atoms with E-state index in [0.29, 0.717) is 0 Å². The van der Waals surface area contributed by atoms with Crippen LogP contribution in [0.1, 0.15) is 54.4 Å². The van der Waals surface area contributed by atoms with Crippen molar-refractivity contribution < 1.29 is 9.59 Å². The molecule has 0 aliphatic heterocycles. The number of carbonyl (C=O) groups excluding carboxylic acids is 2. The number of Topliss-reactive ketones (excluding diaryl/α,β-unsaturated/α-hetero) is 2. The SMILES string of the molecule is CC(=O)CC(=O)C(C)(C)CC(C)(C)C. The molecule has 2 heteroatoms. The summed E-state index contributed by atoms with van der Waals surface area (Å²) in [7, 11) is 0. The molecular weight excluding hydrogens is 176 g/mol. The molecule has 0 saturated carbocycles. The van der Waals surface area contributed by atoms with Crippen LogP contribution in [0.15, 0.2) is 0 Å². The maximum atomic E-state index is 11.7. The summed E-state index contributed by atoms with van der Waals surface area (Å²) in [6.45, 7) is 11.6. The Hall–Kier alpha value is -0.660. The topological polar surface area (TPSA) is 34.1 Å². The first-order chi connectivity index (χ1) is 6.04. The van der Waals surface area contributed by atoms with Gasteiger partial charge in [-0.1, -0.05) is 34.6 Å². The molecule has 0 aromatic heterocycles. The van der Waals surface area contributed by atoms with Gasteiger partial charge in [0.25, 0.3) is 0 Å². The van der Waals surface area contributed by atoms with E-state index >= 15 is 0 Å². The van der Waals surface area contributed by atoms with Crippen molar-refractivity contribution in [1.82, 2.24) is 0 Å². The maximum absolute atomic E-state index is 11.7. The van der Waals surface area contributed by atoms with Crippen LogP contribution in [0.3, 0.4) is 0 Å². The molecule has 0 heterocycles. The highest BCUT2D eigenvalue weighted by Gasteiger charge is 2.32. The first-order valence-electron chi connectivity index (χ1n) is 5.07. The Morgan fingerprint density at radius 2 is 1.43 bits per heavy atom. The highest BCUT2D eigenvalue weighted by Crippen LogP contribution is 2.34. The van der Waals surface area contributed by atoms with Crippen molar-refractivity contribution in [3.63, 3.8) is 0 Å². The van der Waals surface area contributed by atoms with Gasteiger partial charge in [-0.3, -0.25) is 9.59 Å². The van der Waals surface area contributed by atoms with E-state index in [4.69, 9.17) is 0 Å². The highest BCUT2D eigenvalue weighted by atomic mass is 16.1. The summed E-state index contributed by atoms with van der Waals surface area (Å²) in [5.74, 6) is 0.0110. The smallest absolute Gasteiger partial charge is 0.145 e. The van der Waals surface area contributed by atoms with Gasteiger partial charge >= 0.3 is 0 Å². The van der Waals surface area contributed by atoms with Gasteiger partial charge in [-0.2, -0.15) is 0 Å². The van der Waals surface area contributed by atoms with Gasteiger partial charge in [0.2, 0.25) is 0 Å². The van der Waals surface area contributed by atoms with Crippen molar-refractivity contribution in [3.05, 3.63) is 0 Å². The summed E-state index contributed by atoms with van der Waals surface area (Å²) < 4.78 is 0. The first kappa shape index (κ1) is 13.3. The summed E-state index contributed by atoms with van der Waals surface area (Å²) in [4.78, 5) is 22.6. The van der Waals surface area contributed by atoms with Crippen LogP contribution in [0.4, 0.5) is 0 Å². The van der Waals surface area contributed by atoms with Crippen molar-refractivity contribution in [3.8, 4) is 0 Å². The molecule has 0 aromatic carbocycles. The number of rotatable bonds is 4. The third-order valence-electron chi connectivity index (χ3n) is 2.14. The zero-order valence-electron chi connectivity index (χ0n) is 10.2. The van der Waals surface area contributed by atoms with Crippen molar-refractivity contribution in [2.75, 3.05) is 0 Å². The van der Waals surface area contributed by atoms with Gasteiger partial charge in [0.1, 0.15) is 11.6 Å². The molecule has 0 bridgehead atoms. The first-order valence-corrected chi connectivity index (χ1v) is 5.07. The molecule has 0 fully saturated rings. The summed E-state index contributed by atoms with van der Waals surface area (Å²) in [6, 6.07) is 0. The molecular formula is C12H22O2. The van der Waals surface area contributed by atoms with Gasteiger partial charge in [-0.15, -0.1) is 0 Å². The number of hydrogen-bond acceptors (Lipinski definition) is 2. The zero-order chi connectivity index (χ0) is 11.6. The molecule has 0 spiro atoms. The van der Waals surface area contributed by atoms with Crippen molar-refractivity contribution in [2.45, 2.75) is 54.4 Å². The van der Waals surface area contributed by atoms with Gasteiger partial charge in [0.05, 0.1) is 6.42 Å². The van der Waals surface area contributed by atoms with Gasteiger partial charge in [0.15, 0.2) is 0 Å². The Kier molecular flexibility index (Phi) is 4.04. The summed E-state index contributed by atoms with van der Waals surface area (Å²) in [5, 5.41) is 0. The Bertz CT molecular complexity index is 231. The minimum atomic E-state index is -0.385. The Morgan fingerprint density at radius 3 is 1.71 bits per heavy atom. The van der Waals surface area contributed by atoms with E-state index < -0.39 is 0 Å². The summed E-state index contributed by atoms with van der Waals surface area (Å²) >= 11 is 0. The summed E-state index contributed by atoms with van der Waals surface area (Å²) in [6.07, 6.45) is 0.884. The van der Waals surface area contributed by atoms with Gasteiger partial charge in [-0.25, -0.2) is 0 Å². The summed E-state index contributed by atoms with van der Waals surface area (Å²) in [5.41, 5.74) is -0.264. The van der Waals surface area contributed by atoms with Crippen LogP contribution in [0.5, 0.6) is 0 Å². The quantitative estimate of drug-likeness (QED) is 0.651. The number of carbonyl (C=O) groups is 2. The average Bonchev–Trinajstić information content (AvgIpc) is 1.78. The fourth-order valence-electron chi connectivity index (χ4n) is 1.89. The fourth-order valence-corrected chi connectivity index (χ4v) is 1.89. The Morgan fingerprint density at radius 1 is 1.00 bits per heavy atom. The third-order valence-corrected chi connectivity index (χ3v) is 2.14. The molecule has 0 atom stereocenters. The number of ketones is 2. The molecule has 0 amide bonds. The minimum absolute atomic E-state index is 0.0445. The second kappa shape index (κ2) is 4.24. The molecule has 0 rings (SSSR count). The molecule has 0 aliphatic rings. The molecule has 0 aromatic rings. The molecule has 82 valence electrons. The maximum Gasteiger partial charge on any atom is 0.145 e. The molecule has 14 heavy (non-hydrogen) atoms. The Labute approximate surface area is 87.1 Å². The van der Waals surface area contributed by atoms with Gasteiger partial charge < -0.3 is 0 Å². The third kappa shape index (κ3) is 5.15. The van der Waals surface area contributed by atoms with Crippen LogP contribution >= 0.6 is 0 Å². The van der Waals surface area contributed by atoms with Crippen LogP contribution < -0.4 is 0 Å². The normalized spacial score (nSPS) is 12.7. The predicted molar refractivity (Wildman–Crippen MR) is 58.2 cm³/mol. The highest BCUT2D eigenvalue weighted by molar-refractivity contribution is 6.00. The standard InChI is InChI=1S/C12H22O2/c1-9(13)7-10(14)12(5,6)8-11(2,3)4/h7-8H2,1-6H3. The predicted octanol–water partition coefficient (Wildman–Crippen LogP) is 3.00.